The molecule has 0 fully saturated rings. The first-order chi connectivity index (χ1) is 13.6. The molecule has 148 valence electrons. The van der Waals surface area contributed by atoms with Crippen LogP contribution in [0.1, 0.15) is 49.3 Å². The normalized spacial score (nSPS) is 21.1. The average molecular weight is 408 g/mol. The van der Waals surface area contributed by atoms with Crippen LogP contribution in [0.4, 0.5) is 0 Å². The second-order valence-corrected chi connectivity index (χ2v) is 9.08. The number of nitrogens with zero attached hydrogens (tertiary/aromatic N) is 2. The molecule has 0 saturated heterocycles. The van der Waals surface area contributed by atoms with E-state index in [9.17, 15) is 10.1 Å². The molecule has 29 heavy (non-hydrogen) atoms. The third-order valence-electron chi connectivity index (χ3n) is 5.62. The van der Waals surface area contributed by atoms with Crippen molar-refractivity contribution in [3.63, 3.8) is 0 Å². The molecule has 1 aromatic heterocycles. The number of Topliss-reactive ketones (excluding diaryl/α,β-unsaturated/α-hetero) is 1. The number of hydrogen-bond acceptors (Lipinski definition) is 5. The Labute approximate surface area is 174 Å². The van der Waals surface area contributed by atoms with Crippen LogP contribution in [-0.4, -0.2) is 10.8 Å². The number of fused-ring (bicyclic) bond motifs is 1. The summed E-state index contributed by atoms with van der Waals surface area (Å²) in [4.78, 5) is 17.7. The molecule has 1 atom stereocenters. The van der Waals surface area contributed by atoms with E-state index >= 15 is 0 Å². The molecule has 5 nitrogen and oxygen atoms in total. The van der Waals surface area contributed by atoms with Gasteiger partial charge in [-0.25, -0.2) is 4.98 Å². The fourth-order valence-electron chi connectivity index (χ4n) is 4.44. The van der Waals surface area contributed by atoms with Crippen molar-refractivity contribution in [2.45, 2.75) is 46.5 Å². The van der Waals surface area contributed by atoms with Crippen molar-refractivity contribution in [3.05, 3.63) is 62.8 Å². The van der Waals surface area contributed by atoms with Gasteiger partial charge in [0, 0.05) is 29.4 Å². The predicted molar refractivity (Wildman–Crippen MR) is 112 cm³/mol. The molecule has 1 aliphatic heterocycles. The summed E-state index contributed by atoms with van der Waals surface area (Å²) in [6.45, 7) is 8.03. The van der Waals surface area contributed by atoms with Crippen molar-refractivity contribution in [2.75, 3.05) is 0 Å². The number of aromatic nitrogens is 1. The smallest absolute Gasteiger partial charge is 0.205 e. The van der Waals surface area contributed by atoms with Crippen LogP contribution in [0.15, 0.2) is 41.0 Å². The zero-order chi connectivity index (χ0) is 21.1. The lowest BCUT2D eigenvalue weighted by Gasteiger charge is -2.37. The number of rotatable bonds is 1. The fourth-order valence-corrected chi connectivity index (χ4v) is 4.69. The van der Waals surface area contributed by atoms with Crippen LogP contribution in [0.3, 0.4) is 0 Å². The molecular weight excluding hydrogens is 386 g/mol. The summed E-state index contributed by atoms with van der Waals surface area (Å²) >= 11 is 6.59. The molecule has 0 spiro atoms. The van der Waals surface area contributed by atoms with Gasteiger partial charge in [-0.2, -0.15) is 5.26 Å². The minimum atomic E-state index is -0.669. The number of aryl methyl sites for hydroxylation is 2. The third-order valence-corrected chi connectivity index (χ3v) is 5.92. The maximum atomic E-state index is 13.1. The number of ketones is 1. The lowest BCUT2D eigenvalue weighted by Crippen LogP contribution is -2.33. The number of nitrogens with two attached hydrogens (primary N) is 1. The minimum absolute atomic E-state index is 0.0262. The van der Waals surface area contributed by atoms with E-state index in [0.717, 1.165) is 22.0 Å². The Morgan fingerprint density at radius 2 is 2.00 bits per heavy atom. The summed E-state index contributed by atoms with van der Waals surface area (Å²) in [7, 11) is 0. The Kier molecular flexibility index (Phi) is 4.43. The van der Waals surface area contributed by atoms with Gasteiger partial charge in [0.05, 0.1) is 11.4 Å². The van der Waals surface area contributed by atoms with Gasteiger partial charge in [-0.15, -0.1) is 0 Å². The predicted octanol–water partition coefficient (Wildman–Crippen LogP) is 4.96. The molecule has 0 saturated carbocycles. The van der Waals surface area contributed by atoms with Crippen LogP contribution in [0.2, 0.25) is 5.15 Å². The highest BCUT2D eigenvalue weighted by atomic mass is 35.5. The maximum absolute atomic E-state index is 13.1. The highest BCUT2D eigenvalue weighted by molar-refractivity contribution is 6.31. The highest BCUT2D eigenvalue weighted by Crippen LogP contribution is 2.49. The molecule has 0 unspecified atom stereocenters. The number of hydrogen-bond donors (Lipinski definition) is 1. The maximum Gasteiger partial charge on any atom is 0.205 e. The number of pyridine rings is 1. The Morgan fingerprint density at radius 3 is 2.69 bits per heavy atom. The van der Waals surface area contributed by atoms with Crippen LogP contribution in [-0.2, 0) is 9.53 Å². The van der Waals surface area contributed by atoms with E-state index in [2.05, 4.69) is 11.1 Å². The van der Waals surface area contributed by atoms with Gasteiger partial charge in [-0.1, -0.05) is 37.1 Å². The van der Waals surface area contributed by atoms with Crippen LogP contribution < -0.4 is 5.73 Å². The van der Waals surface area contributed by atoms with Gasteiger partial charge < -0.3 is 10.5 Å². The molecule has 2 N–H and O–H groups in total. The molecule has 1 aromatic carbocycles. The Balaban J connectivity index is 1.99. The van der Waals surface area contributed by atoms with Crippen molar-refractivity contribution < 1.29 is 9.53 Å². The summed E-state index contributed by atoms with van der Waals surface area (Å²) in [5.74, 6) is -0.154. The van der Waals surface area contributed by atoms with Crippen molar-refractivity contribution in [1.29, 1.82) is 5.26 Å². The molecule has 6 heteroatoms. The Hall–Kier alpha value is -2.84. The first-order valence-electron chi connectivity index (χ1n) is 9.52. The Morgan fingerprint density at radius 1 is 1.28 bits per heavy atom. The van der Waals surface area contributed by atoms with Crippen LogP contribution in [0.25, 0.3) is 10.9 Å². The molecule has 2 aliphatic rings. The first-order valence-corrected chi connectivity index (χ1v) is 9.90. The second-order valence-electron chi connectivity index (χ2n) is 8.72. The molecule has 1 aliphatic carbocycles. The highest BCUT2D eigenvalue weighted by Gasteiger charge is 2.43. The molecule has 0 amide bonds. The van der Waals surface area contributed by atoms with Gasteiger partial charge in [-0.05, 0) is 37.0 Å². The summed E-state index contributed by atoms with van der Waals surface area (Å²) in [6, 6.07) is 8.12. The summed E-state index contributed by atoms with van der Waals surface area (Å²) in [5, 5.41) is 11.0. The molecule has 4 rings (SSSR count). The number of nitriles is 1. The lowest BCUT2D eigenvalue weighted by molar-refractivity contribution is -0.119. The first kappa shape index (κ1) is 19.5. The Bertz CT molecular complexity index is 1180. The van der Waals surface area contributed by atoms with Crippen LogP contribution in [0, 0.1) is 30.6 Å². The molecule has 2 heterocycles. The number of benzene rings is 1. The molecular formula is C23H22ClN3O2. The van der Waals surface area contributed by atoms with Gasteiger partial charge in [0.2, 0.25) is 5.88 Å². The summed E-state index contributed by atoms with van der Waals surface area (Å²) in [6.07, 6.45) is 0.946. The van der Waals surface area contributed by atoms with Crippen molar-refractivity contribution in [2.24, 2.45) is 11.1 Å². The monoisotopic (exact) mass is 407 g/mol. The van der Waals surface area contributed by atoms with E-state index in [1.165, 1.54) is 0 Å². The lowest BCUT2D eigenvalue weighted by atomic mass is 9.70. The van der Waals surface area contributed by atoms with Gasteiger partial charge in [-0.3, -0.25) is 4.79 Å². The largest absolute Gasteiger partial charge is 0.444 e. The zero-order valence-electron chi connectivity index (χ0n) is 16.9. The van der Waals surface area contributed by atoms with E-state index < -0.39 is 5.92 Å². The number of carbonyl (C=O) groups excluding carboxylic acids is 1. The molecule has 0 bridgehead atoms. The van der Waals surface area contributed by atoms with E-state index in [1.807, 2.05) is 45.9 Å². The average Bonchev–Trinajstić information content (AvgIpc) is 2.59. The number of halogens is 1. The minimum Gasteiger partial charge on any atom is -0.444 e. The summed E-state index contributed by atoms with van der Waals surface area (Å²) < 4.78 is 5.75. The molecule has 2 aromatic rings. The standard InChI is InChI=1S/C23H22ClN3O2/c1-11-5-12(2)20-13(6-11)7-14(21(24)27-20)18-15(10-25)22(26)29-17-9-23(3,4)8-16(28)19(17)18/h5-7,18H,8-9,26H2,1-4H3/t18-/m0/s1. The SMILES string of the molecule is Cc1cc(C)c2nc(Cl)c([C@H]3C(C#N)=C(N)OC4=C3C(=O)CC(C)(C)C4)cc2c1. The van der Waals surface area contributed by atoms with Gasteiger partial charge in [0.1, 0.15) is 22.6 Å². The fraction of sp³-hybridized carbons (Fsp3) is 0.348. The van der Waals surface area contributed by atoms with E-state index in [0.29, 0.717) is 29.7 Å². The topological polar surface area (TPSA) is 89.0 Å². The third kappa shape index (κ3) is 3.18. The van der Waals surface area contributed by atoms with Crippen LogP contribution >= 0.6 is 11.6 Å². The quantitative estimate of drug-likeness (QED) is 0.675. The number of carbonyl (C=O) groups is 1. The number of ether oxygens (including phenoxy) is 1. The second kappa shape index (κ2) is 6.60. The number of allylic oxidation sites excluding steroid dienone is 3. The zero-order valence-corrected chi connectivity index (χ0v) is 17.6. The van der Waals surface area contributed by atoms with E-state index in [-0.39, 0.29) is 27.8 Å². The van der Waals surface area contributed by atoms with Gasteiger partial charge in [0.15, 0.2) is 5.78 Å². The summed E-state index contributed by atoms with van der Waals surface area (Å²) in [5.41, 5.74) is 10.1. The van der Waals surface area contributed by atoms with Crippen molar-refractivity contribution in [1.82, 2.24) is 4.98 Å². The van der Waals surface area contributed by atoms with Gasteiger partial charge >= 0.3 is 0 Å². The van der Waals surface area contributed by atoms with Crippen LogP contribution in [0.5, 0.6) is 0 Å². The molecule has 0 radical (unpaired) electrons. The van der Waals surface area contributed by atoms with Crippen molar-refractivity contribution in [3.8, 4) is 6.07 Å². The van der Waals surface area contributed by atoms with E-state index in [1.54, 1.807) is 0 Å². The van der Waals surface area contributed by atoms with Crippen molar-refractivity contribution >= 4 is 28.3 Å². The van der Waals surface area contributed by atoms with E-state index in [4.69, 9.17) is 22.1 Å². The van der Waals surface area contributed by atoms with Gasteiger partial charge in [0.25, 0.3) is 0 Å².